The molecule has 0 aromatic carbocycles. The van der Waals surface area contributed by atoms with Crippen LogP contribution in [0, 0.1) is 27.7 Å². The van der Waals surface area contributed by atoms with Crippen LogP contribution in [-0.4, -0.2) is 0 Å². The second-order valence-electron chi connectivity index (χ2n) is 2.28. The minimum atomic E-state index is 0. The van der Waals surface area contributed by atoms with Crippen LogP contribution in [0.25, 0.3) is 0 Å². The normalized spacial score (nSPS) is 8.71. The number of hydrogen-bond donors (Lipinski definition) is 0. The molecular formula is C16H28Zr. The molecule has 0 nitrogen and oxygen atoms in total. The van der Waals surface area contributed by atoms with Crippen LogP contribution in [0.1, 0.15) is 27.7 Å². The van der Waals surface area contributed by atoms with E-state index in [-0.39, 0.29) is 26.2 Å². The Morgan fingerprint density at radius 1 is 0.471 bits per heavy atom. The predicted octanol–water partition coefficient (Wildman–Crippen LogP) is 5.58. The van der Waals surface area contributed by atoms with Crippen molar-refractivity contribution in [2.75, 3.05) is 0 Å². The van der Waals surface area contributed by atoms with Gasteiger partial charge in [0.25, 0.3) is 0 Å². The summed E-state index contributed by atoms with van der Waals surface area (Å²) in [5.74, 6) is 0. The van der Waals surface area contributed by atoms with Crippen molar-refractivity contribution in [1.82, 2.24) is 0 Å². The fourth-order valence-corrected chi connectivity index (χ4v) is 0. The van der Waals surface area contributed by atoms with Gasteiger partial charge in [-0.1, -0.05) is 0 Å². The molecule has 0 spiro atoms. The summed E-state index contributed by atoms with van der Waals surface area (Å²) in [5, 5.41) is 0. The van der Waals surface area contributed by atoms with E-state index >= 15 is 0 Å². The van der Waals surface area contributed by atoms with Crippen molar-refractivity contribution in [2.45, 2.75) is 27.7 Å². The topological polar surface area (TPSA) is 0 Å². The third-order valence-corrected chi connectivity index (χ3v) is 0.943. The molecule has 0 rings (SSSR count). The molecule has 96 valence electrons. The summed E-state index contributed by atoms with van der Waals surface area (Å²) in [4.78, 5) is 0. The maximum atomic E-state index is 3.42. The molecule has 0 aliphatic rings. The van der Waals surface area contributed by atoms with E-state index in [1.54, 1.807) is 24.3 Å². The Morgan fingerprint density at radius 3 is 0.529 bits per heavy atom. The first-order valence-corrected chi connectivity index (χ1v) is 5.28. The summed E-state index contributed by atoms with van der Waals surface area (Å²) in [7, 11) is 0. The molecule has 0 fully saturated rings. The van der Waals surface area contributed by atoms with Crippen LogP contribution < -0.4 is 0 Å². The molecule has 0 aromatic rings. The van der Waals surface area contributed by atoms with Gasteiger partial charge in [0.2, 0.25) is 0 Å². The first-order chi connectivity index (χ1) is 7.66. The second kappa shape index (κ2) is 58.6. The van der Waals surface area contributed by atoms with Crippen molar-refractivity contribution in [1.29, 1.82) is 0 Å². The van der Waals surface area contributed by atoms with Gasteiger partial charge in [-0.2, -0.15) is 0 Å². The molecule has 0 atom stereocenters. The maximum absolute atomic E-state index is 3.42. The average molecular weight is 312 g/mol. The molecular weight excluding hydrogens is 283 g/mol. The van der Waals surface area contributed by atoms with Crippen molar-refractivity contribution in [2.24, 2.45) is 0 Å². The van der Waals surface area contributed by atoms with Crippen LogP contribution in [0.3, 0.4) is 0 Å². The molecule has 0 heterocycles. The maximum Gasteiger partial charge on any atom is 4.00 e. The van der Waals surface area contributed by atoms with Crippen LogP contribution in [-0.2, 0) is 26.2 Å². The van der Waals surface area contributed by atoms with E-state index in [2.05, 4.69) is 27.7 Å². The Balaban J connectivity index is -0.0000000369. The van der Waals surface area contributed by atoms with Gasteiger partial charge in [-0.05, 0) is 0 Å². The summed E-state index contributed by atoms with van der Waals surface area (Å²) in [6.07, 6.45) is 14.6. The van der Waals surface area contributed by atoms with Crippen LogP contribution in [0.5, 0.6) is 0 Å². The van der Waals surface area contributed by atoms with Gasteiger partial charge in [0.15, 0.2) is 0 Å². The molecule has 0 aliphatic carbocycles. The third kappa shape index (κ3) is 246. The molecule has 0 bridgehead atoms. The Morgan fingerprint density at radius 2 is 0.529 bits per heavy atom. The van der Waals surface area contributed by atoms with E-state index < -0.39 is 0 Å². The molecule has 0 radical (unpaired) electrons. The van der Waals surface area contributed by atoms with Crippen molar-refractivity contribution >= 4 is 0 Å². The smallest absolute Gasteiger partial charge is 0.245 e. The largest absolute Gasteiger partial charge is 4.00 e. The van der Waals surface area contributed by atoms with E-state index in [4.69, 9.17) is 0 Å². The SMILES string of the molecule is [CH2-]C=CC.[CH2-]C=CC.[CH2-]C=CC.[CH2-]C=CC.[Zr+4]. The Hall–Kier alpha value is -0.677. The minimum Gasteiger partial charge on any atom is -0.245 e. The third-order valence-electron chi connectivity index (χ3n) is 0.943. The summed E-state index contributed by atoms with van der Waals surface area (Å²) in [6.45, 7) is 21.4. The summed E-state index contributed by atoms with van der Waals surface area (Å²) >= 11 is 0. The molecule has 0 aliphatic heterocycles. The van der Waals surface area contributed by atoms with Gasteiger partial charge < -0.3 is 0 Å². The van der Waals surface area contributed by atoms with Crippen LogP contribution in [0.4, 0.5) is 0 Å². The van der Waals surface area contributed by atoms with Crippen molar-refractivity contribution < 1.29 is 26.2 Å². The monoisotopic (exact) mass is 310 g/mol. The Labute approximate surface area is 130 Å². The Bertz CT molecular complexity index is 106. The first-order valence-electron chi connectivity index (χ1n) is 5.28. The summed E-state index contributed by atoms with van der Waals surface area (Å²) in [5.41, 5.74) is 0. The quantitative estimate of drug-likeness (QED) is 0.512. The Kier molecular flexibility index (Phi) is 103. The van der Waals surface area contributed by atoms with Gasteiger partial charge in [0.05, 0.1) is 0 Å². The van der Waals surface area contributed by atoms with Gasteiger partial charge in [-0.25, -0.2) is 76.3 Å². The van der Waals surface area contributed by atoms with Crippen LogP contribution in [0.2, 0.25) is 0 Å². The molecule has 1 heteroatoms. The molecule has 0 N–H and O–H groups in total. The zero-order valence-electron chi connectivity index (χ0n) is 11.9. The fourth-order valence-electron chi connectivity index (χ4n) is 0. The van der Waals surface area contributed by atoms with E-state index in [1.165, 1.54) is 0 Å². The zero-order chi connectivity index (χ0) is 13.7. The summed E-state index contributed by atoms with van der Waals surface area (Å²) in [6, 6.07) is 0. The molecule has 0 saturated heterocycles. The van der Waals surface area contributed by atoms with E-state index in [0.717, 1.165) is 0 Å². The standard InChI is InChI=1S/4C4H7.Zr/c4*1-3-4-2;/h4*3-4H,1H2,2H3;/q4*-1;+4. The number of rotatable bonds is 0. The van der Waals surface area contributed by atoms with Gasteiger partial charge in [0, 0.05) is 0 Å². The van der Waals surface area contributed by atoms with Gasteiger partial charge in [-0.15, -0.1) is 27.7 Å². The summed E-state index contributed by atoms with van der Waals surface area (Å²) < 4.78 is 0. The van der Waals surface area contributed by atoms with Crippen molar-refractivity contribution in [3.8, 4) is 0 Å². The van der Waals surface area contributed by atoms with Gasteiger partial charge >= 0.3 is 26.2 Å². The fraction of sp³-hybridized carbons (Fsp3) is 0.250. The zero-order valence-corrected chi connectivity index (χ0v) is 14.4. The number of hydrogen-bond acceptors (Lipinski definition) is 0. The minimum absolute atomic E-state index is 0. The van der Waals surface area contributed by atoms with Gasteiger partial charge in [-0.3, -0.25) is 0 Å². The first kappa shape index (κ1) is 29.9. The van der Waals surface area contributed by atoms with Crippen LogP contribution in [0.15, 0.2) is 48.6 Å². The van der Waals surface area contributed by atoms with E-state index in [0.29, 0.717) is 0 Å². The average Bonchev–Trinajstić information content (AvgIpc) is 2.39. The van der Waals surface area contributed by atoms with Crippen molar-refractivity contribution in [3.63, 3.8) is 0 Å². The molecule has 0 unspecified atom stereocenters. The predicted molar refractivity (Wildman–Crippen MR) is 80.7 cm³/mol. The van der Waals surface area contributed by atoms with Crippen LogP contribution >= 0.6 is 0 Å². The molecule has 0 saturated carbocycles. The molecule has 17 heavy (non-hydrogen) atoms. The number of allylic oxidation sites excluding steroid dienone is 8. The molecule has 0 amide bonds. The van der Waals surface area contributed by atoms with Gasteiger partial charge in [0.1, 0.15) is 0 Å². The van der Waals surface area contributed by atoms with Crippen molar-refractivity contribution in [3.05, 3.63) is 76.3 Å². The second-order valence-corrected chi connectivity index (χ2v) is 2.28. The molecule has 0 aromatic heterocycles. The van der Waals surface area contributed by atoms with E-state index in [9.17, 15) is 0 Å². The van der Waals surface area contributed by atoms with E-state index in [1.807, 2.05) is 52.0 Å².